The van der Waals surface area contributed by atoms with E-state index in [1.165, 1.54) is 30.5 Å². The maximum Gasteiger partial charge on any atom is 0.387 e. The van der Waals surface area contributed by atoms with Crippen LogP contribution in [0.15, 0.2) is 47.5 Å². The van der Waals surface area contributed by atoms with E-state index in [-0.39, 0.29) is 11.7 Å². The van der Waals surface area contributed by atoms with Crippen LogP contribution in [0.5, 0.6) is 5.75 Å². The number of carbonyl (C=O) groups is 1. The molecule has 4 nitrogen and oxygen atoms in total. The number of fused-ring (bicyclic) bond motifs is 1. The molecule has 23 heavy (non-hydrogen) atoms. The molecule has 0 aliphatic carbocycles. The SMILES string of the molecule is O=C1Nc2ccc(Cl)cc2C1C=Nc1ccc(OC(F)F)cc1. The van der Waals surface area contributed by atoms with Gasteiger partial charge in [-0.3, -0.25) is 9.79 Å². The zero-order chi connectivity index (χ0) is 16.4. The number of nitrogens with one attached hydrogen (secondary N) is 1. The van der Waals surface area contributed by atoms with E-state index < -0.39 is 12.5 Å². The van der Waals surface area contributed by atoms with Crippen molar-refractivity contribution in [3.8, 4) is 5.75 Å². The third kappa shape index (κ3) is 3.48. The van der Waals surface area contributed by atoms with Crippen LogP contribution in [0.2, 0.25) is 5.02 Å². The number of hydrogen-bond donors (Lipinski definition) is 1. The molecule has 0 radical (unpaired) electrons. The highest BCUT2D eigenvalue weighted by molar-refractivity contribution is 6.31. The number of aliphatic imine (C=N–C) groups is 1. The van der Waals surface area contributed by atoms with Crippen molar-refractivity contribution in [1.29, 1.82) is 0 Å². The zero-order valence-corrected chi connectivity index (χ0v) is 12.4. The number of ether oxygens (including phenoxy) is 1. The number of anilines is 1. The van der Waals surface area contributed by atoms with Crippen LogP contribution in [-0.4, -0.2) is 18.7 Å². The minimum atomic E-state index is -2.87. The largest absolute Gasteiger partial charge is 0.435 e. The summed E-state index contributed by atoms with van der Waals surface area (Å²) in [5.41, 5.74) is 1.98. The fraction of sp³-hybridized carbons (Fsp3) is 0.125. The van der Waals surface area contributed by atoms with E-state index in [0.29, 0.717) is 16.4 Å². The van der Waals surface area contributed by atoms with Gasteiger partial charge >= 0.3 is 6.61 Å². The lowest BCUT2D eigenvalue weighted by molar-refractivity contribution is -0.115. The van der Waals surface area contributed by atoms with Gasteiger partial charge in [-0.15, -0.1) is 0 Å². The second-order valence-electron chi connectivity index (χ2n) is 4.85. The van der Waals surface area contributed by atoms with Crippen LogP contribution < -0.4 is 10.1 Å². The molecule has 1 amide bonds. The van der Waals surface area contributed by atoms with Crippen molar-refractivity contribution in [2.45, 2.75) is 12.5 Å². The Morgan fingerprint density at radius 1 is 1.22 bits per heavy atom. The van der Waals surface area contributed by atoms with Gasteiger partial charge < -0.3 is 10.1 Å². The Morgan fingerprint density at radius 2 is 1.96 bits per heavy atom. The van der Waals surface area contributed by atoms with E-state index in [4.69, 9.17) is 11.6 Å². The predicted octanol–water partition coefficient (Wildman–Crippen LogP) is 4.38. The Balaban J connectivity index is 1.78. The zero-order valence-electron chi connectivity index (χ0n) is 11.7. The standard InChI is InChI=1S/C16H11ClF2N2O2/c17-9-1-6-14-12(7-9)13(15(22)21-14)8-20-10-2-4-11(5-3-10)23-16(18)19/h1-8,13,16H,(H,21,22). The fourth-order valence-electron chi connectivity index (χ4n) is 2.28. The summed E-state index contributed by atoms with van der Waals surface area (Å²) in [6, 6.07) is 11.0. The number of halogens is 3. The summed E-state index contributed by atoms with van der Waals surface area (Å²) < 4.78 is 28.4. The molecule has 1 atom stereocenters. The molecule has 0 spiro atoms. The molecule has 3 rings (SSSR count). The van der Waals surface area contributed by atoms with Crippen molar-refractivity contribution in [3.05, 3.63) is 53.1 Å². The molecule has 1 heterocycles. The van der Waals surface area contributed by atoms with Crippen molar-refractivity contribution in [2.24, 2.45) is 4.99 Å². The quantitative estimate of drug-likeness (QED) is 0.842. The molecule has 1 N–H and O–H groups in total. The third-order valence-corrected chi connectivity index (χ3v) is 3.56. The molecular weight excluding hydrogens is 326 g/mol. The molecule has 1 aliphatic heterocycles. The van der Waals surface area contributed by atoms with Crippen LogP contribution >= 0.6 is 11.6 Å². The summed E-state index contributed by atoms with van der Waals surface area (Å²) >= 11 is 5.95. The Bertz CT molecular complexity index is 763. The lowest BCUT2D eigenvalue weighted by atomic mass is 10.0. The number of alkyl halides is 2. The van der Waals surface area contributed by atoms with Crippen molar-refractivity contribution in [2.75, 3.05) is 5.32 Å². The van der Waals surface area contributed by atoms with Crippen LogP contribution in [0, 0.1) is 0 Å². The Morgan fingerprint density at radius 3 is 2.65 bits per heavy atom. The summed E-state index contributed by atoms with van der Waals surface area (Å²) in [5.74, 6) is -0.681. The van der Waals surface area contributed by atoms with E-state index in [9.17, 15) is 13.6 Å². The van der Waals surface area contributed by atoms with E-state index in [1.807, 2.05) is 0 Å². The minimum Gasteiger partial charge on any atom is -0.435 e. The summed E-state index contributed by atoms with van der Waals surface area (Å²) in [6.45, 7) is -2.87. The number of rotatable bonds is 4. The van der Waals surface area contributed by atoms with Crippen LogP contribution in [-0.2, 0) is 4.79 Å². The van der Waals surface area contributed by atoms with Gasteiger partial charge in [-0.25, -0.2) is 0 Å². The Kier molecular flexibility index (Phi) is 4.25. The molecular formula is C16H11ClF2N2O2. The van der Waals surface area contributed by atoms with Crippen LogP contribution in [0.1, 0.15) is 11.5 Å². The number of carbonyl (C=O) groups excluding carboxylic acids is 1. The van der Waals surface area contributed by atoms with E-state index in [1.54, 1.807) is 18.2 Å². The third-order valence-electron chi connectivity index (χ3n) is 3.32. The molecule has 2 aromatic carbocycles. The first-order valence-corrected chi connectivity index (χ1v) is 7.10. The van der Waals surface area contributed by atoms with Gasteiger partial charge in [-0.1, -0.05) is 11.6 Å². The van der Waals surface area contributed by atoms with Gasteiger partial charge in [0.05, 0.1) is 5.69 Å². The molecule has 0 bridgehead atoms. The monoisotopic (exact) mass is 336 g/mol. The maximum absolute atomic E-state index is 12.1. The fourth-order valence-corrected chi connectivity index (χ4v) is 2.46. The molecule has 0 fully saturated rings. The predicted molar refractivity (Wildman–Crippen MR) is 84.0 cm³/mol. The van der Waals surface area contributed by atoms with Crippen LogP contribution in [0.4, 0.5) is 20.2 Å². The normalized spacial score (nSPS) is 16.7. The van der Waals surface area contributed by atoms with Gasteiger partial charge in [0.25, 0.3) is 0 Å². The van der Waals surface area contributed by atoms with Gasteiger partial charge in [0.15, 0.2) is 0 Å². The van der Waals surface area contributed by atoms with Crippen LogP contribution in [0.3, 0.4) is 0 Å². The highest BCUT2D eigenvalue weighted by Crippen LogP contribution is 2.33. The van der Waals surface area contributed by atoms with Crippen LogP contribution in [0.25, 0.3) is 0 Å². The van der Waals surface area contributed by atoms with Gasteiger partial charge in [0.2, 0.25) is 5.91 Å². The first-order chi connectivity index (χ1) is 11.0. The summed E-state index contributed by atoms with van der Waals surface area (Å²) in [6.07, 6.45) is 1.50. The molecule has 0 aromatic heterocycles. The van der Waals surface area contributed by atoms with Crippen molar-refractivity contribution < 1.29 is 18.3 Å². The van der Waals surface area contributed by atoms with Gasteiger partial charge in [0.1, 0.15) is 11.7 Å². The number of amides is 1. The maximum atomic E-state index is 12.1. The number of hydrogen-bond acceptors (Lipinski definition) is 3. The van der Waals surface area contributed by atoms with Gasteiger partial charge in [-0.05, 0) is 48.0 Å². The van der Waals surface area contributed by atoms with E-state index in [2.05, 4.69) is 15.0 Å². The summed E-state index contributed by atoms with van der Waals surface area (Å²) in [4.78, 5) is 16.2. The average molecular weight is 337 g/mol. The second kappa shape index (κ2) is 6.34. The summed E-state index contributed by atoms with van der Waals surface area (Å²) in [5, 5.41) is 3.28. The highest BCUT2D eigenvalue weighted by atomic mass is 35.5. The molecule has 7 heteroatoms. The molecule has 0 saturated carbocycles. The molecule has 1 unspecified atom stereocenters. The minimum absolute atomic E-state index is 0.0506. The Labute approximate surface area is 135 Å². The van der Waals surface area contributed by atoms with Crippen molar-refractivity contribution in [1.82, 2.24) is 0 Å². The Hall–Kier alpha value is -2.47. The first kappa shape index (κ1) is 15.4. The molecule has 1 aliphatic rings. The van der Waals surface area contributed by atoms with Gasteiger partial charge in [-0.2, -0.15) is 8.78 Å². The molecule has 2 aromatic rings. The summed E-state index contributed by atoms with van der Waals surface area (Å²) in [7, 11) is 0. The van der Waals surface area contributed by atoms with E-state index >= 15 is 0 Å². The first-order valence-electron chi connectivity index (χ1n) is 6.72. The second-order valence-corrected chi connectivity index (χ2v) is 5.29. The van der Waals surface area contributed by atoms with Gasteiger partial charge in [0, 0.05) is 16.9 Å². The average Bonchev–Trinajstić information content (AvgIpc) is 2.81. The molecule has 118 valence electrons. The lowest BCUT2D eigenvalue weighted by Gasteiger charge is -2.04. The number of benzene rings is 2. The van der Waals surface area contributed by atoms with Crippen molar-refractivity contribution in [3.63, 3.8) is 0 Å². The lowest BCUT2D eigenvalue weighted by Crippen LogP contribution is -2.12. The smallest absolute Gasteiger partial charge is 0.387 e. The topological polar surface area (TPSA) is 50.7 Å². The number of nitrogens with zero attached hydrogens (tertiary/aromatic N) is 1. The molecule has 0 saturated heterocycles. The highest BCUT2D eigenvalue weighted by Gasteiger charge is 2.29. The van der Waals surface area contributed by atoms with E-state index in [0.717, 1.165) is 5.56 Å². The van der Waals surface area contributed by atoms with Crippen molar-refractivity contribution >= 4 is 35.1 Å².